The highest BCUT2D eigenvalue weighted by Crippen LogP contribution is 2.08. The van der Waals surface area contributed by atoms with Crippen molar-refractivity contribution in [1.29, 1.82) is 0 Å². The molecule has 19 heavy (non-hydrogen) atoms. The molecule has 0 fully saturated rings. The van der Waals surface area contributed by atoms with Crippen molar-refractivity contribution in [3.05, 3.63) is 17.5 Å². The molecule has 0 aliphatic carbocycles. The molecule has 0 aromatic carbocycles. The van der Waals surface area contributed by atoms with Crippen LogP contribution in [0.1, 0.15) is 37.9 Å². The van der Waals surface area contributed by atoms with Gasteiger partial charge in [-0.2, -0.15) is 5.10 Å². The molecule has 6 heteroatoms. The third kappa shape index (κ3) is 5.11. The van der Waals surface area contributed by atoms with Crippen molar-refractivity contribution in [2.45, 2.75) is 46.1 Å². The van der Waals surface area contributed by atoms with Gasteiger partial charge in [0.2, 0.25) is 5.91 Å². The lowest BCUT2D eigenvalue weighted by atomic mass is 10.0. The molecule has 3 N–H and O–H groups in total. The van der Waals surface area contributed by atoms with E-state index in [1.165, 1.54) is 0 Å². The molecule has 1 atom stereocenters. The number of hydrogen-bond donors (Lipinski definition) is 3. The van der Waals surface area contributed by atoms with Crippen LogP contribution in [-0.4, -0.2) is 33.2 Å². The number of nitrogens with zero attached hydrogens (tertiary/aromatic N) is 1. The molecule has 0 bridgehead atoms. The number of rotatable bonds is 7. The van der Waals surface area contributed by atoms with E-state index in [1.807, 2.05) is 20.8 Å². The van der Waals surface area contributed by atoms with E-state index in [2.05, 4.69) is 15.5 Å². The van der Waals surface area contributed by atoms with Gasteiger partial charge in [0.1, 0.15) is 6.04 Å². The third-order valence-corrected chi connectivity index (χ3v) is 2.90. The standard InChI is InChI=1S/C13H21N3O3/c1-8(2)6-11(13(18)19)15-12(17)5-4-10-7-14-16-9(10)3/h7-8,11H,4-6H2,1-3H3,(H,14,16)(H,15,17)(H,18,19)/t11-/m1/s1. The molecule has 0 radical (unpaired) electrons. The van der Waals surface area contributed by atoms with Crippen LogP contribution in [0.25, 0.3) is 0 Å². The zero-order chi connectivity index (χ0) is 14.4. The quantitative estimate of drug-likeness (QED) is 0.693. The van der Waals surface area contributed by atoms with Crippen LogP contribution in [-0.2, 0) is 16.0 Å². The van der Waals surface area contributed by atoms with Crippen molar-refractivity contribution >= 4 is 11.9 Å². The molecule has 0 saturated carbocycles. The second-order valence-corrected chi connectivity index (χ2v) is 5.11. The van der Waals surface area contributed by atoms with Crippen molar-refractivity contribution in [2.24, 2.45) is 5.92 Å². The predicted octanol–water partition coefficient (Wildman–Crippen LogP) is 1.27. The zero-order valence-electron chi connectivity index (χ0n) is 11.6. The van der Waals surface area contributed by atoms with Crippen LogP contribution in [0.2, 0.25) is 0 Å². The molecule has 0 aliphatic heterocycles. The summed E-state index contributed by atoms with van der Waals surface area (Å²) in [6.45, 7) is 5.74. The number of H-pyrrole nitrogens is 1. The van der Waals surface area contributed by atoms with E-state index in [-0.39, 0.29) is 18.2 Å². The maximum atomic E-state index is 11.7. The van der Waals surface area contributed by atoms with Crippen LogP contribution < -0.4 is 5.32 Å². The Morgan fingerprint density at radius 2 is 2.16 bits per heavy atom. The van der Waals surface area contributed by atoms with E-state index in [9.17, 15) is 9.59 Å². The molecule has 106 valence electrons. The van der Waals surface area contributed by atoms with Gasteiger partial charge < -0.3 is 10.4 Å². The first-order valence-corrected chi connectivity index (χ1v) is 6.41. The van der Waals surface area contributed by atoms with E-state index >= 15 is 0 Å². The maximum Gasteiger partial charge on any atom is 0.326 e. The average Bonchev–Trinajstić information content (AvgIpc) is 2.70. The number of nitrogens with one attached hydrogen (secondary N) is 2. The molecule has 0 spiro atoms. The second kappa shape index (κ2) is 6.92. The first kappa shape index (κ1) is 15.2. The Balaban J connectivity index is 2.45. The van der Waals surface area contributed by atoms with E-state index < -0.39 is 12.0 Å². The van der Waals surface area contributed by atoms with Crippen molar-refractivity contribution in [3.8, 4) is 0 Å². The minimum atomic E-state index is -0.985. The lowest BCUT2D eigenvalue weighted by Gasteiger charge is -2.16. The summed E-state index contributed by atoms with van der Waals surface area (Å²) in [6, 6.07) is -0.807. The Kier molecular flexibility index (Phi) is 5.54. The number of carboxylic acid groups (broad SMARTS) is 1. The average molecular weight is 267 g/mol. The van der Waals surface area contributed by atoms with Gasteiger partial charge in [-0.1, -0.05) is 13.8 Å². The maximum absolute atomic E-state index is 11.7. The lowest BCUT2D eigenvalue weighted by Crippen LogP contribution is -2.41. The number of hydrogen-bond acceptors (Lipinski definition) is 3. The van der Waals surface area contributed by atoms with Gasteiger partial charge in [-0.3, -0.25) is 9.89 Å². The van der Waals surface area contributed by atoms with Crippen LogP contribution in [0.5, 0.6) is 0 Å². The van der Waals surface area contributed by atoms with Crippen LogP contribution in [0.3, 0.4) is 0 Å². The second-order valence-electron chi connectivity index (χ2n) is 5.11. The molecule has 1 aromatic heterocycles. The van der Waals surface area contributed by atoms with Gasteiger partial charge in [0.25, 0.3) is 0 Å². The van der Waals surface area contributed by atoms with Crippen LogP contribution in [0.4, 0.5) is 0 Å². The van der Waals surface area contributed by atoms with E-state index in [0.29, 0.717) is 12.8 Å². The highest BCUT2D eigenvalue weighted by molar-refractivity contribution is 5.83. The first-order chi connectivity index (χ1) is 8.90. The Bertz CT molecular complexity index is 440. The molecule has 0 aliphatic rings. The van der Waals surface area contributed by atoms with Gasteiger partial charge in [-0.15, -0.1) is 0 Å². The Hall–Kier alpha value is -1.85. The summed E-state index contributed by atoms with van der Waals surface area (Å²) in [4.78, 5) is 22.8. The molecule has 0 unspecified atom stereocenters. The summed E-state index contributed by atoms with van der Waals surface area (Å²) in [5.41, 5.74) is 1.91. The number of carboxylic acids is 1. The summed E-state index contributed by atoms with van der Waals surface area (Å²) in [5.74, 6) is -1.01. The highest BCUT2D eigenvalue weighted by atomic mass is 16.4. The summed E-state index contributed by atoms with van der Waals surface area (Å²) in [6.07, 6.45) is 2.95. The molecule has 6 nitrogen and oxygen atoms in total. The zero-order valence-corrected chi connectivity index (χ0v) is 11.6. The monoisotopic (exact) mass is 267 g/mol. The highest BCUT2D eigenvalue weighted by Gasteiger charge is 2.20. The predicted molar refractivity (Wildman–Crippen MR) is 70.7 cm³/mol. The van der Waals surface area contributed by atoms with Gasteiger partial charge in [0.05, 0.1) is 6.20 Å². The molecule has 0 saturated heterocycles. The third-order valence-electron chi connectivity index (χ3n) is 2.90. The Labute approximate surface area is 112 Å². The van der Waals surface area contributed by atoms with Gasteiger partial charge in [-0.25, -0.2) is 4.79 Å². The number of aromatic amines is 1. The van der Waals surface area contributed by atoms with Gasteiger partial charge in [0, 0.05) is 12.1 Å². The molecule has 1 rings (SSSR count). The van der Waals surface area contributed by atoms with Crippen molar-refractivity contribution in [2.75, 3.05) is 0 Å². The number of carbonyl (C=O) groups excluding carboxylic acids is 1. The summed E-state index contributed by atoms with van der Waals surface area (Å²) in [5, 5.41) is 18.3. The number of aromatic nitrogens is 2. The molecule has 1 amide bonds. The molecular formula is C13H21N3O3. The van der Waals surface area contributed by atoms with Crippen molar-refractivity contribution < 1.29 is 14.7 Å². The topological polar surface area (TPSA) is 95.1 Å². The summed E-state index contributed by atoms with van der Waals surface area (Å²) in [7, 11) is 0. The largest absolute Gasteiger partial charge is 0.480 e. The first-order valence-electron chi connectivity index (χ1n) is 6.41. The molecular weight excluding hydrogens is 246 g/mol. The number of carbonyl (C=O) groups is 2. The minimum Gasteiger partial charge on any atom is -0.480 e. The van der Waals surface area contributed by atoms with Gasteiger partial charge in [0.15, 0.2) is 0 Å². The van der Waals surface area contributed by atoms with Gasteiger partial charge in [-0.05, 0) is 31.2 Å². The van der Waals surface area contributed by atoms with Gasteiger partial charge >= 0.3 is 5.97 Å². The number of aryl methyl sites for hydroxylation is 2. The Morgan fingerprint density at radius 1 is 1.47 bits per heavy atom. The summed E-state index contributed by atoms with van der Waals surface area (Å²) < 4.78 is 0. The van der Waals surface area contributed by atoms with Crippen LogP contribution in [0, 0.1) is 12.8 Å². The van der Waals surface area contributed by atoms with Crippen molar-refractivity contribution in [1.82, 2.24) is 15.5 Å². The minimum absolute atomic E-state index is 0.220. The number of amides is 1. The fourth-order valence-corrected chi connectivity index (χ4v) is 1.84. The van der Waals surface area contributed by atoms with E-state index in [1.54, 1.807) is 6.20 Å². The Morgan fingerprint density at radius 3 is 2.63 bits per heavy atom. The van der Waals surface area contributed by atoms with Crippen LogP contribution in [0.15, 0.2) is 6.20 Å². The summed E-state index contributed by atoms with van der Waals surface area (Å²) >= 11 is 0. The normalized spacial score (nSPS) is 12.4. The smallest absolute Gasteiger partial charge is 0.326 e. The molecule has 1 heterocycles. The fraction of sp³-hybridized carbons (Fsp3) is 0.615. The van der Waals surface area contributed by atoms with E-state index in [0.717, 1.165) is 11.3 Å². The molecule has 1 aromatic rings. The van der Waals surface area contributed by atoms with E-state index in [4.69, 9.17) is 5.11 Å². The van der Waals surface area contributed by atoms with Crippen LogP contribution >= 0.6 is 0 Å². The SMILES string of the molecule is Cc1[nH]ncc1CCC(=O)N[C@H](CC(C)C)C(=O)O. The number of aliphatic carboxylic acids is 1. The fourth-order valence-electron chi connectivity index (χ4n) is 1.84. The van der Waals surface area contributed by atoms with Crippen molar-refractivity contribution in [3.63, 3.8) is 0 Å². The lowest BCUT2D eigenvalue weighted by molar-refractivity contribution is -0.142.